The molecule has 0 fully saturated rings. The Bertz CT molecular complexity index is 535. The first kappa shape index (κ1) is 14.7. The Kier molecular flexibility index (Phi) is 3.44. The monoisotopic (exact) mass is 288 g/mol. The van der Waals surface area contributed by atoms with Crippen molar-refractivity contribution >= 4 is 5.97 Å². The van der Waals surface area contributed by atoms with E-state index in [1.54, 1.807) is 0 Å². The van der Waals surface area contributed by atoms with Gasteiger partial charge in [-0.15, -0.1) is 0 Å². The number of carboxylic acid groups (broad SMARTS) is 1. The fraction of sp³-hybridized carbons (Fsp3) is 0.500. The number of aliphatic carboxylic acids is 1. The minimum absolute atomic E-state index is 0.0781. The maximum Gasteiger partial charge on any atom is 0.416 e. The predicted molar refractivity (Wildman–Crippen MR) is 65.7 cm³/mol. The zero-order chi connectivity index (χ0) is 15.1. The first-order valence-corrected chi connectivity index (χ1v) is 6.19. The number of hydrogen-bond acceptors (Lipinski definition) is 2. The van der Waals surface area contributed by atoms with Gasteiger partial charge in [0.2, 0.25) is 0 Å². The Morgan fingerprint density at radius 2 is 2.05 bits per heavy atom. The SMILES string of the molecule is CC(C)(CC1COc2cccc(C(F)(F)F)c21)C(=O)O. The van der Waals surface area contributed by atoms with Gasteiger partial charge in [-0.2, -0.15) is 13.2 Å². The van der Waals surface area contributed by atoms with Gasteiger partial charge in [-0.05, 0) is 32.4 Å². The Labute approximate surface area is 114 Å². The summed E-state index contributed by atoms with van der Waals surface area (Å²) in [6.45, 7) is 3.09. The topological polar surface area (TPSA) is 46.5 Å². The smallest absolute Gasteiger partial charge is 0.416 e. The molecule has 1 heterocycles. The van der Waals surface area contributed by atoms with E-state index in [2.05, 4.69) is 0 Å². The number of alkyl halides is 3. The van der Waals surface area contributed by atoms with Crippen LogP contribution in [0, 0.1) is 5.41 Å². The maximum atomic E-state index is 13.0. The number of carboxylic acids is 1. The summed E-state index contributed by atoms with van der Waals surface area (Å²) in [5.41, 5.74) is -1.76. The molecule has 1 aliphatic heterocycles. The Morgan fingerprint density at radius 3 is 2.60 bits per heavy atom. The summed E-state index contributed by atoms with van der Waals surface area (Å²) in [5.74, 6) is -1.39. The molecule has 110 valence electrons. The molecule has 0 spiro atoms. The normalized spacial score (nSPS) is 18.6. The number of rotatable bonds is 3. The summed E-state index contributed by atoms with van der Waals surface area (Å²) < 4.78 is 44.4. The van der Waals surface area contributed by atoms with Gasteiger partial charge < -0.3 is 9.84 Å². The Morgan fingerprint density at radius 1 is 1.40 bits per heavy atom. The van der Waals surface area contributed by atoms with Crippen LogP contribution in [-0.4, -0.2) is 17.7 Å². The van der Waals surface area contributed by atoms with Crippen molar-refractivity contribution in [1.29, 1.82) is 0 Å². The molecule has 1 atom stereocenters. The van der Waals surface area contributed by atoms with Crippen LogP contribution < -0.4 is 4.74 Å². The molecule has 3 nitrogen and oxygen atoms in total. The van der Waals surface area contributed by atoms with Gasteiger partial charge in [0, 0.05) is 11.5 Å². The van der Waals surface area contributed by atoms with Crippen LogP contribution in [-0.2, 0) is 11.0 Å². The van der Waals surface area contributed by atoms with Crippen molar-refractivity contribution in [3.8, 4) is 5.75 Å². The fourth-order valence-corrected chi connectivity index (χ4v) is 2.48. The molecule has 0 radical (unpaired) electrons. The van der Waals surface area contributed by atoms with Gasteiger partial charge in [-0.1, -0.05) is 6.07 Å². The van der Waals surface area contributed by atoms with Crippen molar-refractivity contribution in [3.63, 3.8) is 0 Å². The molecule has 1 aromatic rings. The van der Waals surface area contributed by atoms with E-state index in [1.807, 2.05) is 0 Å². The second-order valence-corrected chi connectivity index (χ2v) is 5.62. The van der Waals surface area contributed by atoms with Gasteiger partial charge in [-0.3, -0.25) is 4.79 Å². The Balaban J connectivity index is 2.39. The predicted octanol–water partition coefficient (Wildman–Crippen LogP) is 3.68. The van der Waals surface area contributed by atoms with Crippen molar-refractivity contribution in [2.45, 2.75) is 32.4 Å². The molecule has 0 saturated carbocycles. The maximum absolute atomic E-state index is 13.0. The quantitative estimate of drug-likeness (QED) is 0.922. The zero-order valence-electron chi connectivity index (χ0n) is 11.1. The zero-order valence-corrected chi connectivity index (χ0v) is 11.1. The van der Waals surface area contributed by atoms with E-state index < -0.39 is 29.0 Å². The molecular weight excluding hydrogens is 273 g/mol. The van der Waals surface area contributed by atoms with E-state index in [1.165, 1.54) is 26.0 Å². The molecule has 20 heavy (non-hydrogen) atoms. The summed E-state index contributed by atoms with van der Waals surface area (Å²) in [6, 6.07) is 3.79. The second kappa shape index (κ2) is 4.68. The molecular formula is C14H15F3O3. The number of carbonyl (C=O) groups is 1. The molecule has 0 bridgehead atoms. The second-order valence-electron chi connectivity index (χ2n) is 5.62. The standard InChI is InChI=1S/C14H15F3O3/c1-13(2,12(18)19)6-8-7-20-10-5-3-4-9(11(8)10)14(15,16)17/h3-5,8H,6-7H2,1-2H3,(H,18,19). The minimum atomic E-state index is -4.47. The highest BCUT2D eigenvalue weighted by atomic mass is 19.4. The van der Waals surface area contributed by atoms with Crippen molar-refractivity contribution in [2.24, 2.45) is 5.41 Å². The number of hydrogen-bond donors (Lipinski definition) is 1. The van der Waals surface area contributed by atoms with Crippen LogP contribution in [0.25, 0.3) is 0 Å². The third-order valence-corrected chi connectivity index (χ3v) is 3.56. The molecule has 1 aromatic carbocycles. The molecule has 1 N–H and O–H groups in total. The lowest BCUT2D eigenvalue weighted by Gasteiger charge is -2.24. The fourth-order valence-electron chi connectivity index (χ4n) is 2.48. The van der Waals surface area contributed by atoms with E-state index in [-0.39, 0.29) is 24.3 Å². The summed E-state index contributed by atoms with van der Waals surface area (Å²) in [7, 11) is 0. The van der Waals surface area contributed by atoms with Crippen molar-refractivity contribution < 1.29 is 27.8 Å². The molecule has 0 aromatic heterocycles. The largest absolute Gasteiger partial charge is 0.493 e. The van der Waals surface area contributed by atoms with E-state index >= 15 is 0 Å². The van der Waals surface area contributed by atoms with Gasteiger partial charge in [0.05, 0.1) is 17.6 Å². The molecule has 0 aliphatic carbocycles. The molecule has 0 saturated heterocycles. The summed E-state index contributed by atoms with van der Waals surface area (Å²) >= 11 is 0. The number of halogens is 3. The third kappa shape index (κ3) is 2.59. The Hall–Kier alpha value is -1.72. The highest BCUT2D eigenvalue weighted by Crippen LogP contribution is 2.46. The van der Waals surface area contributed by atoms with Crippen LogP contribution in [0.3, 0.4) is 0 Å². The average Bonchev–Trinajstić information content (AvgIpc) is 2.70. The van der Waals surface area contributed by atoms with Gasteiger partial charge in [0.25, 0.3) is 0 Å². The van der Waals surface area contributed by atoms with Crippen LogP contribution >= 0.6 is 0 Å². The average molecular weight is 288 g/mol. The van der Waals surface area contributed by atoms with Gasteiger partial charge in [0.1, 0.15) is 5.75 Å². The lowest BCUT2D eigenvalue weighted by Crippen LogP contribution is -2.27. The van der Waals surface area contributed by atoms with Crippen molar-refractivity contribution in [2.75, 3.05) is 6.61 Å². The summed E-state index contributed by atoms with van der Waals surface area (Å²) in [4.78, 5) is 11.1. The first-order chi connectivity index (χ1) is 9.13. The van der Waals surface area contributed by atoms with Crippen LogP contribution in [0.1, 0.15) is 37.3 Å². The first-order valence-electron chi connectivity index (χ1n) is 6.19. The van der Waals surface area contributed by atoms with Gasteiger partial charge >= 0.3 is 12.1 Å². The number of ether oxygens (including phenoxy) is 1. The lowest BCUT2D eigenvalue weighted by atomic mass is 9.79. The van der Waals surface area contributed by atoms with Crippen LogP contribution in [0.5, 0.6) is 5.75 Å². The van der Waals surface area contributed by atoms with Crippen molar-refractivity contribution in [1.82, 2.24) is 0 Å². The summed E-state index contributed by atoms with van der Waals surface area (Å²) in [6.07, 6.45) is -4.37. The molecule has 6 heteroatoms. The van der Waals surface area contributed by atoms with Crippen LogP contribution in [0.2, 0.25) is 0 Å². The van der Waals surface area contributed by atoms with E-state index in [0.29, 0.717) is 0 Å². The van der Waals surface area contributed by atoms with Crippen LogP contribution in [0.15, 0.2) is 18.2 Å². The van der Waals surface area contributed by atoms with Gasteiger partial charge in [0.15, 0.2) is 0 Å². The van der Waals surface area contributed by atoms with Gasteiger partial charge in [-0.25, -0.2) is 0 Å². The molecule has 1 unspecified atom stereocenters. The lowest BCUT2D eigenvalue weighted by molar-refractivity contribution is -0.147. The minimum Gasteiger partial charge on any atom is -0.493 e. The van der Waals surface area contributed by atoms with Crippen LogP contribution in [0.4, 0.5) is 13.2 Å². The highest BCUT2D eigenvalue weighted by molar-refractivity contribution is 5.73. The number of benzene rings is 1. The molecule has 0 amide bonds. The van der Waals surface area contributed by atoms with E-state index in [4.69, 9.17) is 9.84 Å². The molecule has 2 rings (SSSR count). The number of fused-ring (bicyclic) bond motifs is 1. The van der Waals surface area contributed by atoms with E-state index in [0.717, 1.165) is 6.07 Å². The van der Waals surface area contributed by atoms with E-state index in [9.17, 15) is 18.0 Å². The highest BCUT2D eigenvalue weighted by Gasteiger charge is 2.42. The van der Waals surface area contributed by atoms with Crippen molar-refractivity contribution in [3.05, 3.63) is 29.3 Å². The summed E-state index contributed by atoms with van der Waals surface area (Å²) in [5, 5.41) is 9.12. The molecule has 1 aliphatic rings. The third-order valence-electron chi connectivity index (χ3n) is 3.56.